The maximum absolute atomic E-state index is 13.2. The highest BCUT2D eigenvalue weighted by molar-refractivity contribution is 5.88. The summed E-state index contributed by atoms with van der Waals surface area (Å²) in [5.74, 6) is -0.285. The van der Waals surface area contributed by atoms with E-state index >= 15 is 0 Å². The second-order valence-electron chi connectivity index (χ2n) is 3.98. The summed E-state index contributed by atoms with van der Waals surface area (Å²) >= 11 is 0. The molecule has 0 saturated heterocycles. The topological polar surface area (TPSA) is 34.4 Å². The highest BCUT2D eigenvalue weighted by Crippen LogP contribution is 2.23. The fraction of sp³-hybridized carbons (Fsp3) is 0.0769. The molecule has 4 heteroatoms. The summed E-state index contributed by atoms with van der Waals surface area (Å²) in [6.45, 7) is 1.90. The second-order valence-corrected chi connectivity index (χ2v) is 3.98. The average molecular weight is 228 g/mol. The van der Waals surface area contributed by atoms with Crippen molar-refractivity contribution < 1.29 is 9.18 Å². The van der Waals surface area contributed by atoms with Gasteiger partial charge in [-0.25, -0.2) is 9.37 Å². The van der Waals surface area contributed by atoms with Crippen LogP contribution in [0, 0.1) is 12.7 Å². The molecule has 2 heterocycles. The number of halogens is 1. The fourth-order valence-electron chi connectivity index (χ4n) is 2.12. The van der Waals surface area contributed by atoms with Crippen LogP contribution >= 0.6 is 0 Å². The molecule has 2 aromatic heterocycles. The first-order valence-electron chi connectivity index (χ1n) is 5.22. The number of benzene rings is 1. The lowest BCUT2D eigenvalue weighted by Gasteiger charge is -2.06. The van der Waals surface area contributed by atoms with Gasteiger partial charge < -0.3 is 0 Å². The van der Waals surface area contributed by atoms with Crippen molar-refractivity contribution in [1.29, 1.82) is 0 Å². The molecule has 0 saturated carbocycles. The molecule has 3 rings (SSSR count). The normalized spacial score (nSPS) is 11.2. The highest BCUT2D eigenvalue weighted by atomic mass is 19.1. The lowest BCUT2D eigenvalue weighted by molar-refractivity contribution is 0.111. The first-order chi connectivity index (χ1) is 8.20. The number of rotatable bonds is 1. The molecule has 0 N–H and O–H groups in total. The fourth-order valence-corrected chi connectivity index (χ4v) is 2.12. The Morgan fingerprint density at radius 2 is 2.18 bits per heavy atom. The molecule has 1 aromatic carbocycles. The molecule has 0 amide bonds. The molecule has 84 valence electrons. The Balaban J connectivity index is 2.60. The first kappa shape index (κ1) is 9.96. The number of pyridine rings is 1. The van der Waals surface area contributed by atoms with Crippen molar-refractivity contribution in [2.24, 2.45) is 0 Å². The second kappa shape index (κ2) is 3.38. The van der Waals surface area contributed by atoms with Crippen LogP contribution in [0.4, 0.5) is 4.39 Å². The molecule has 0 aliphatic carbocycles. The lowest BCUT2D eigenvalue weighted by atomic mass is 10.1. The van der Waals surface area contributed by atoms with E-state index in [-0.39, 0.29) is 5.82 Å². The third-order valence-electron chi connectivity index (χ3n) is 2.91. The van der Waals surface area contributed by atoms with Crippen LogP contribution in [0.15, 0.2) is 30.5 Å². The lowest BCUT2D eigenvalue weighted by Crippen LogP contribution is -1.95. The predicted octanol–water partition coefficient (Wildman–Crippen LogP) is 2.75. The number of hydrogen-bond donors (Lipinski definition) is 0. The highest BCUT2D eigenvalue weighted by Gasteiger charge is 2.09. The Morgan fingerprint density at radius 1 is 1.35 bits per heavy atom. The number of hydrogen-bond acceptors (Lipinski definition) is 2. The molecule has 0 aliphatic rings. The molecule has 0 aliphatic heterocycles. The Kier molecular flexibility index (Phi) is 1.98. The number of aromatic nitrogens is 2. The molecule has 0 atom stereocenters. The smallest absolute Gasteiger partial charge is 0.168 e. The van der Waals surface area contributed by atoms with Crippen LogP contribution in [0.25, 0.3) is 16.6 Å². The van der Waals surface area contributed by atoms with E-state index in [9.17, 15) is 9.18 Å². The van der Waals surface area contributed by atoms with Gasteiger partial charge in [-0.05, 0) is 36.8 Å². The molecule has 3 nitrogen and oxygen atoms in total. The number of fused-ring (bicyclic) bond motifs is 3. The molecule has 0 unspecified atom stereocenters. The SMILES string of the molecule is Cc1cc2ncc(C=O)n2c2ccc(F)cc12. The summed E-state index contributed by atoms with van der Waals surface area (Å²) in [5, 5.41) is 0.790. The zero-order valence-electron chi connectivity index (χ0n) is 9.14. The van der Waals surface area contributed by atoms with Gasteiger partial charge >= 0.3 is 0 Å². The third kappa shape index (κ3) is 1.34. The quantitative estimate of drug-likeness (QED) is 0.600. The van der Waals surface area contributed by atoms with Gasteiger partial charge in [0.1, 0.15) is 17.2 Å². The van der Waals surface area contributed by atoms with Crippen LogP contribution in [0.1, 0.15) is 16.1 Å². The number of nitrogens with zero attached hydrogens (tertiary/aromatic N) is 2. The van der Waals surface area contributed by atoms with Crippen molar-refractivity contribution in [2.45, 2.75) is 6.92 Å². The van der Waals surface area contributed by atoms with Gasteiger partial charge in [-0.3, -0.25) is 9.20 Å². The van der Waals surface area contributed by atoms with Crippen molar-refractivity contribution in [2.75, 3.05) is 0 Å². The van der Waals surface area contributed by atoms with Gasteiger partial charge in [0, 0.05) is 5.39 Å². The van der Waals surface area contributed by atoms with E-state index in [1.807, 2.05) is 13.0 Å². The van der Waals surface area contributed by atoms with E-state index in [0.29, 0.717) is 11.3 Å². The van der Waals surface area contributed by atoms with Crippen molar-refractivity contribution in [3.8, 4) is 0 Å². The predicted molar refractivity (Wildman–Crippen MR) is 62.8 cm³/mol. The Hall–Kier alpha value is -2.23. The number of carbonyl (C=O) groups excluding carboxylic acids is 1. The van der Waals surface area contributed by atoms with Gasteiger partial charge in [-0.1, -0.05) is 0 Å². The number of carbonyl (C=O) groups is 1. The zero-order valence-corrected chi connectivity index (χ0v) is 9.14. The standard InChI is InChI=1S/C13H9FN2O/c1-8-4-13-15-6-10(7-17)16(13)12-3-2-9(14)5-11(8)12/h2-7H,1H3. The number of aldehydes is 1. The summed E-state index contributed by atoms with van der Waals surface area (Å²) in [4.78, 5) is 15.1. The van der Waals surface area contributed by atoms with Crippen LogP contribution in [0.3, 0.4) is 0 Å². The van der Waals surface area contributed by atoms with Crippen LogP contribution in [0.2, 0.25) is 0 Å². The molecule has 0 radical (unpaired) electrons. The van der Waals surface area contributed by atoms with Crippen LogP contribution in [0.5, 0.6) is 0 Å². The summed E-state index contributed by atoms with van der Waals surface area (Å²) in [5.41, 5.74) is 2.90. The van der Waals surface area contributed by atoms with Crippen LogP contribution in [-0.2, 0) is 0 Å². The van der Waals surface area contributed by atoms with Gasteiger partial charge in [-0.2, -0.15) is 0 Å². The maximum atomic E-state index is 13.2. The summed E-state index contributed by atoms with van der Waals surface area (Å²) in [7, 11) is 0. The van der Waals surface area contributed by atoms with Gasteiger partial charge in [-0.15, -0.1) is 0 Å². The van der Waals surface area contributed by atoms with Crippen LogP contribution < -0.4 is 0 Å². The van der Waals surface area contributed by atoms with Crippen molar-refractivity contribution in [1.82, 2.24) is 9.38 Å². The summed E-state index contributed by atoms with van der Waals surface area (Å²) in [6, 6.07) is 6.36. The minimum atomic E-state index is -0.285. The summed E-state index contributed by atoms with van der Waals surface area (Å²) in [6.07, 6.45) is 2.27. The first-order valence-corrected chi connectivity index (χ1v) is 5.22. The van der Waals surface area contributed by atoms with Gasteiger partial charge in [0.05, 0.1) is 11.7 Å². The van der Waals surface area contributed by atoms with E-state index in [2.05, 4.69) is 4.98 Å². The minimum Gasteiger partial charge on any atom is -0.296 e. The third-order valence-corrected chi connectivity index (χ3v) is 2.91. The van der Waals surface area contributed by atoms with E-state index < -0.39 is 0 Å². The van der Waals surface area contributed by atoms with E-state index in [1.165, 1.54) is 18.3 Å². The molecule has 0 fully saturated rings. The molecular weight excluding hydrogens is 219 g/mol. The molecule has 3 aromatic rings. The summed E-state index contributed by atoms with van der Waals surface area (Å²) < 4.78 is 15.0. The molecule has 0 spiro atoms. The average Bonchev–Trinajstić information content (AvgIpc) is 2.72. The molecular formula is C13H9FN2O. The Labute approximate surface area is 96.5 Å². The molecule has 0 bridgehead atoms. The van der Waals surface area contributed by atoms with E-state index in [4.69, 9.17) is 0 Å². The molecule has 17 heavy (non-hydrogen) atoms. The Morgan fingerprint density at radius 3 is 2.94 bits per heavy atom. The Bertz CT molecular complexity index is 746. The monoisotopic (exact) mass is 228 g/mol. The number of aryl methyl sites for hydroxylation is 1. The number of imidazole rings is 1. The van der Waals surface area contributed by atoms with Gasteiger partial charge in [0.15, 0.2) is 6.29 Å². The van der Waals surface area contributed by atoms with Crippen LogP contribution in [-0.4, -0.2) is 15.7 Å². The zero-order chi connectivity index (χ0) is 12.0. The van der Waals surface area contributed by atoms with E-state index in [0.717, 1.165) is 22.8 Å². The van der Waals surface area contributed by atoms with Crippen molar-refractivity contribution in [3.05, 3.63) is 47.5 Å². The largest absolute Gasteiger partial charge is 0.296 e. The minimum absolute atomic E-state index is 0.285. The van der Waals surface area contributed by atoms with Crippen molar-refractivity contribution >= 4 is 22.8 Å². The van der Waals surface area contributed by atoms with Crippen molar-refractivity contribution in [3.63, 3.8) is 0 Å². The maximum Gasteiger partial charge on any atom is 0.168 e. The van der Waals surface area contributed by atoms with E-state index in [1.54, 1.807) is 10.5 Å². The van der Waals surface area contributed by atoms with Gasteiger partial charge in [0.2, 0.25) is 0 Å². The van der Waals surface area contributed by atoms with Gasteiger partial charge in [0.25, 0.3) is 0 Å².